The average molecular weight is 309 g/mol. The molecule has 0 radical (unpaired) electrons. The van der Waals surface area contributed by atoms with Crippen LogP contribution in [0.5, 0.6) is 0 Å². The third-order valence-corrected chi connectivity index (χ3v) is 4.45. The lowest BCUT2D eigenvalue weighted by Crippen LogP contribution is -2.38. The fourth-order valence-electron chi connectivity index (χ4n) is 3.03. The van der Waals surface area contributed by atoms with E-state index in [9.17, 15) is 4.79 Å². The van der Waals surface area contributed by atoms with Crippen LogP contribution in [0.1, 0.15) is 28.8 Å². The number of carbonyl (C=O) groups excluding carboxylic acids is 1. The van der Waals surface area contributed by atoms with Gasteiger partial charge in [0.05, 0.1) is 0 Å². The van der Waals surface area contributed by atoms with E-state index in [0.29, 0.717) is 11.5 Å². The van der Waals surface area contributed by atoms with Crippen molar-refractivity contribution in [2.45, 2.75) is 19.4 Å². The second-order valence-corrected chi connectivity index (χ2v) is 6.15. The summed E-state index contributed by atoms with van der Waals surface area (Å²) < 4.78 is 0. The van der Waals surface area contributed by atoms with Crippen LogP contribution in [0.25, 0.3) is 0 Å². The topological polar surface area (TPSA) is 45.2 Å². The Hall–Kier alpha value is -2.20. The molecule has 0 unspecified atom stereocenters. The van der Waals surface area contributed by atoms with E-state index < -0.39 is 0 Å². The minimum atomic E-state index is -0.000819. The van der Waals surface area contributed by atoms with Gasteiger partial charge in [0.25, 0.3) is 5.91 Å². The Bertz CT molecular complexity index is 607. The molecular formula is C19H23N3O. The van der Waals surface area contributed by atoms with Crippen molar-refractivity contribution in [1.82, 2.24) is 15.2 Å². The van der Waals surface area contributed by atoms with Crippen molar-refractivity contribution in [3.8, 4) is 0 Å². The van der Waals surface area contributed by atoms with E-state index in [1.165, 1.54) is 5.56 Å². The van der Waals surface area contributed by atoms with Crippen LogP contribution in [0.2, 0.25) is 0 Å². The highest BCUT2D eigenvalue weighted by atomic mass is 16.1. The molecule has 1 N–H and O–H groups in total. The van der Waals surface area contributed by atoms with E-state index in [4.69, 9.17) is 0 Å². The minimum absolute atomic E-state index is 0.000819. The minimum Gasteiger partial charge on any atom is -0.352 e. The second-order valence-electron chi connectivity index (χ2n) is 6.15. The van der Waals surface area contributed by atoms with Gasteiger partial charge in [0.1, 0.15) is 0 Å². The Kier molecular flexibility index (Phi) is 5.37. The molecule has 3 rings (SSSR count). The van der Waals surface area contributed by atoms with E-state index >= 15 is 0 Å². The number of hydrogen-bond donors (Lipinski definition) is 1. The normalized spacial score (nSPS) is 16.2. The summed E-state index contributed by atoms with van der Waals surface area (Å²) in [5, 5.41) is 3.05. The van der Waals surface area contributed by atoms with Gasteiger partial charge in [-0.1, -0.05) is 30.3 Å². The van der Waals surface area contributed by atoms with Crippen LogP contribution >= 0.6 is 0 Å². The maximum absolute atomic E-state index is 12.0. The summed E-state index contributed by atoms with van der Waals surface area (Å²) in [6.45, 7) is 3.99. The van der Waals surface area contributed by atoms with Crippen LogP contribution in [0.3, 0.4) is 0 Å². The Morgan fingerprint density at radius 2 is 1.78 bits per heavy atom. The van der Waals surface area contributed by atoms with E-state index in [1.807, 2.05) is 0 Å². The number of amides is 1. The summed E-state index contributed by atoms with van der Waals surface area (Å²) >= 11 is 0. The average Bonchev–Trinajstić information content (AvgIpc) is 2.62. The fourth-order valence-corrected chi connectivity index (χ4v) is 3.03. The molecule has 0 aliphatic carbocycles. The lowest BCUT2D eigenvalue weighted by Gasteiger charge is -2.32. The maximum Gasteiger partial charge on any atom is 0.251 e. The van der Waals surface area contributed by atoms with Crippen molar-refractivity contribution in [3.05, 3.63) is 66.0 Å². The molecule has 0 atom stereocenters. The summed E-state index contributed by atoms with van der Waals surface area (Å²) in [5.41, 5.74) is 2.05. The number of nitrogens with one attached hydrogen (secondary N) is 1. The number of aromatic nitrogens is 1. The molecule has 1 aliphatic rings. The van der Waals surface area contributed by atoms with Gasteiger partial charge in [-0.3, -0.25) is 14.7 Å². The van der Waals surface area contributed by atoms with E-state index in [1.54, 1.807) is 24.5 Å². The summed E-state index contributed by atoms with van der Waals surface area (Å²) in [7, 11) is 0. The summed E-state index contributed by atoms with van der Waals surface area (Å²) in [6.07, 6.45) is 5.58. The van der Waals surface area contributed by atoms with Crippen molar-refractivity contribution in [3.63, 3.8) is 0 Å². The summed E-state index contributed by atoms with van der Waals surface area (Å²) in [6, 6.07) is 14.1. The van der Waals surface area contributed by atoms with Gasteiger partial charge in [-0.15, -0.1) is 0 Å². The standard InChI is InChI=1S/C19H23N3O/c23-19(18-6-10-20-11-7-18)21-14-16-8-12-22(13-9-16)15-17-4-2-1-3-5-17/h1-7,10-11,16H,8-9,12-15H2,(H,21,23). The highest BCUT2D eigenvalue weighted by molar-refractivity contribution is 5.93. The molecule has 2 heterocycles. The number of carbonyl (C=O) groups is 1. The van der Waals surface area contributed by atoms with Crippen LogP contribution in [0.4, 0.5) is 0 Å². The highest BCUT2D eigenvalue weighted by Gasteiger charge is 2.19. The van der Waals surface area contributed by atoms with E-state index in [0.717, 1.165) is 39.0 Å². The van der Waals surface area contributed by atoms with Gasteiger partial charge in [-0.05, 0) is 49.5 Å². The molecule has 1 fully saturated rings. The number of likely N-dealkylation sites (tertiary alicyclic amines) is 1. The predicted molar refractivity (Wildman–Crippen MR) is 91.0 cm³/mol. The number of pyridine rings is 1. The molecule has 1 aliphatic heterocycles. The van der Waals surface area contributed by atoms with Crippen molar-refractivity contribution < 1.29 is 4.79 Å². The Morgan fingerprint density at radius 1 is 1.09 bits per heavy atom. The molecule has 1 saturated heterocycles. The number of benzene rings is 1. The van der Waals surface area contributed by atoms with Crippen LogP contribution in [0.15, 0.2) is 54.9 Å². The molecule has 0 spiro atoms. The smallest absolute Gasteiger partial charge is 0.251 e. The van der Waals surface area contributed by atoms with Crippen LogP contribution in [-0.2, 0) is 6.54 Å². The molecule has 4 nitrogen and oxygen atoms in total. The van der Waals surface area contributed by atoms with Gasteiger partial charge in [-0.2, -0.15) is 0 Å². The second kappa shape index (κ2) is 7.88. The zero-order valence-corrected chi connectivity index (χ0v) is 13.3. The van der Waals surface area contributed by atoms with Gasteiger partial charge in [0.15, 0.2) is 0 Å². The fraction of sp³-hybridized carbons (Fsp3) is 0.368. The first-order chi connectivity index (χ1) is 11.3. The number of piperidine rings is 1. The molecule has 0 bridgehead atoms. The summed E-state index contributed by atoms with van der Waals surface area (Å²) in [5.74, 6) is 0.576. The Balaban J connectivity index is 1.40. The number of rotatable bonds is 5. The lowest BCUT2D eigenvalue weighted by atomic mass is 9.96. The Morgan fingerprint density at radius 3 is 2.48 bits per heavy atom. The molecule has 0 saturated carbocycles. The van der Waals surface area contributed by atoms with Gasteiger partial charge in [0, 0.05) is 31.0 Å². The van der Waals surface area contributed by atoms with E-state index in [-0.39, 0.29) is 5.91 Å². The molecule has 2 aromatic rings. The van der Waals surface area contributed by atoms with Crippen LogP contribution in [0, 0.1) is 5.92 Å². The lowest BCUT2D eigenvalue weighted by molar-refractivity contribution is 0.0935. The zero-order valence-electron chi connectivity index (χ0n) is 13.3. The van der Waals surface area contributed by atoms with Gasteiger partial charge in [0.2, 0.25) is 0 Å². The van der Waals surface area contributed by atoms with Crippen molar-refractivity contribution >= 4 is 5.91 Å². The van der Waals surface area contributed by atoms with Crippen LogP contribution in [-0.4, -0.2) is 35.4 Å². The first kappa shape index (κ1) is 15.7. The van der Waals surface area contributed by atoms with Crippen molar-refractivity contribution in [1.29, 1.82) is 0 Å². The molecule has 4 heteroatoms. The molecule has 1 aromatic heterocycles. The molecule has 1 amide bonds. The maximum atomic E-state index is 12.0. The Labute approximate surface area is 137 Å². The van der Waals surface area contributed by atoms with Crippen LogP contribution < -0.4 is 5.32 Å². The zero-order chi connectivity index (χ0) is 15.9. The van der Waals surface area contributed by atoms with Crippen molar-refractivity contribution in [2.75, 3.05) is 19.6 Å². The van der Waals surface area contributed by atoms with Gasteiger partial charge >= 0.3 is 0 Å². The molecule has 120 valence electrons. The third-order valence-electron chi connectivity index (χ3n) is 4.45. The number of hydrogen-bond acceptors (Lipinski definition) is 3. The van der Waals surface area contributed by atoms with Crippen molar-refractivity contribution in [2.24, 2.45) is 5.92 Å². The quantitative estimate of drug-likeness (QED) is 0.923. The first-order valence-corrected chi connectivity index (χ1v) is 8.26. The van der Waals surface area contributed by atoms with Gasteiger partial charge in [-0.25, -0.2) is 0 Å². The highest BCUT2D eigenvalue weighted by Crippen LogP contribution is 2.18. The monoisotopic (exact) mass is 309 g/mol. The largest absolute Gasteiger partial charge is 0.352 e. The molecule has 1 aromatic carbocycles. The SMILES string of the molecule is O=C(NCC1CCN(Cc2ccccc2)CC1)c1ccncc1. The molecular weight excluding hydrogens is 286 g/mol. The summed E-state index contributed by atoms with van der Waals surface area (Å²) in [4.78, 5) is 18.5. The van der Waals surface area contributed by atoms with E-state index in [2.05, 4.69) is 45.5 Å². The molecule has 23 heavy (non-hydrogen) atoms. The predicted octanol–water partition coefficient (Wildman–Crippen LogP) is 2.72. The van der Waals surface area contributed by atoms with Gasteiger partial charge < -0.3 is 5.32 Å². The third kappa shape index (κ3) is 4.63. The number of nitrogens with zero attached hydrogens (tertiary/aromatic N) is 2. The first-order valence-electron chi connectivity index (χ1n) is 8.26.